The SMILES string of the molecule is CNC(=O)c1ccc(CNC(=O)C(C)Br)cc1. The Bertz CT molecular complexity index is 401. The number of rotatable bonds is 4. The summed E-state index contributed by atoms with van der Waals surface area (Å²) < 4.78 is 0. The Kier molecular flexibility index (Phi) is 5.15. The second-order valence-electron chi connectivity index (χ2n) is 3.61. The van der Waals surface area contributed by atoms with Crippen LogP contribution >= 0.6 is 15.9 Å². The highest BCUT2D eigenvalue weighted by Crippen LogP contribution is 2.05. The van der Waals surface area contributed by atoms with E-state index in [2.05, 4.69) is 26.6 Å². The van der Waals surface area contributed by atoms with E-state index in [4.69, 9.17) is 0 Å². The van der Waals surface area contributed by atoms with Crippen molar-refractivity contribution in [3.05, 3.63) is 35.4 Å². The van der Waals surface area contributed by atoms with Gasteiger partial charge in [0.1, 0.15) is 0 Å². The molecule has 17 heavy (non-hydrogen) atoms. The molecular formula is C12H15BrN2O2. The van der Waals surface area contributed by atoms with Crippen molar-refractivity contribution in [2.45, 2.75) is 18.3 Å². The maximum Gasteiger partial charge on any atom is 0.251 e. The summed E-state index contributed by atoms with van der Waals surface area (Å²) in [5, 5.41) is 5.33. The van der Waals surface area contributed by atoms with Crippen molar-refractivity contribution in [1.82, 2.24) is 10.6 Å². The van der Waals surface area contributed by atoms with Gasteiger partial charge >= 0.3 is 0 Å². The molecule has 0 fully saturated rings. The largest absolute Gasteiger partial charge is 0.355 e. The zero-order valence-electron chi connectivity index (χ0n) is 9.79. The van der Waals surface area contributed by atoms with Gasteiger partial charge in [0.2, 0.25) is 5.91 Å². The van der Waals surface area contributed by atoms with Crippen LogP contribution in [0.3, 0.4) is 0 Å². The van der Waals surface area contributed by atoms with Crippen molar-refractivity contribution < 1.29 is 9.59 Å². The van der Waals surface area contributed by atoms with E-state index < -0.39 is 0 Å². The number of carbonyl (C=O) groups excluding carboxylic acids is 2. The summed E-state index contributed by atoms with van der Waals surface area (Å²) in [6.45, 7) is 2.23. The molecule has 0 radical (unpaired) electrons. The highest BCUT2D eigenvalue weighted by Gasteiger charge is 2.07. The van der Waals surface area contributed by atoms with Crippen LogP contribution in [0.15, 0.2) is 24.3 Å². The Labute approximate surface area is 109 Å². The molecule has 2 N–H and O–H groups in total. The second-order valence-corrected chi connectivity index (χ2v) is 4.98. The highest BCUT2D eigenvalue weighted by molar-refractivity contribution is 9.10. The Morgan fingerprint density at radius 1 is 1.29 bits per heavy atom. The average molecular weight is 299 g/mol. The molecule has 1 aromatic carbocycles. The normalized spacial score (nSPS) is 11.7. The fourth-order valence-electron chi connectivity index (χ4n) is 1.25. The zero-order valence-corrected chi connectivity index (χ0v) is 11.4. The predicted octanol–water partition coefficient (Wildman–Crippen LogP) is 1.45. The van der Waals surface area contributed by atoms with Gasteiger partial charge < -0.3 is 10.6 Å². The average Bonchev–Trinajstić information content (AvgIpc) is 2.35. The number of nitrogens with one attached hydrogen (secondary N) is 2. The number of hydrogen-bond donors (Lipinski definition) is 2. The summed E-state index contributed by atoms with van der Waals surface area (Å²) in [6.07, 6.45) is 0. The van der Waals surface area contributed by atoms with Gasteiger partial charge in [-0.3, -0.25) is 9.59 Å². The number of hydrogen-bond acceptors (Lipinski definition) is 2. The fourth-order valence-corrected chi connectivity index (χ4v) is 1.41. The Morgan fingerprint density at radius 3 is 2.35 bits per heavy atom. The minimum absolute atomic E-state index is 0.0552. The summed E-state index contributed by atoms with van der Waals surface area (Å²) in [5.41, 5.74) is 1.57. The van der Waals surface area contributed by atoms with Crippen LogP contribution in [0.2, 0.25) is 0 Å². The van der Waals surface area contributed by atoms with Crippen molar-refractivity contribution in [1.29, 1.82) is 0 Å². The van der Waals surface area contributed by atoms with E-state index in [0.717, 1.165) is 5.56 Å². The number of benzene rings is 1. The lowest BCUT2D eigenvalue weighted by atomic mass is 10.1. The molecule has 0 aromatic heterocycles. The summed E-state index contributed by atoms with van der Waals surface area (Å²) in [4.78, 5) is 22.4. The summed E-state index contributed by atoms with van der Waals surface area (Å²) >= 11 is 3.19. The third kappa shape index (κ3) is 4.19. The van der Waals surface area contributed by atoms with Gasteiger partial charge in [0.05, 0.1) is 4.83 Å². The highest BCUT2D eigenvalue weighted by atomic mass is 79.9. The first kappa shape index (κ1) is 13.7. The van der Waals surface area contributed by atoms with Crippen LogP contribution in [-0.2, 0) is 11.3 Å². The number of carbonyl (C=O) groups is 2. The molecule has 0 saturated heterocycles. The molecule has 0 aliphatic heterocycles. The van der Waals surface area contributed by atoms with Crippen LogP contribution in [0.4, 0.5) is 0 Å². The molecule has 2 amide bonds. The van der Waals surface area contributed by atoms with Crippen molar-refractivity contribution in [2.24, 2.45) is 0 Å². The minimum atomic E-state index is -0.201. The molecule has 1 atom stereocenters. The quantitative estimate of drug-likeness (QED) is 0.827. The van der Waals surface area contributed by atoms with Gasteiger partial charge in [-0.1, -0.05) is 28.1 Å². The lowest BCUT2D eigenvalue weighted by Crippen LogP contribution is -2.28. The van der Waals surface area contributed by atoms with Gasteiger partial charge in [0, 0.05) is 19.2 Å². The summed E-state index contributed by atoms with van der Waals surface area (Å²) in [6, 6.07) is 7.11. The van der Waals surface area contributed by atoms with Crippen molar-refractivity contribution >= 4 is 27.7 Å². The molecule has 0 heterocycles. The Morgan fingerprint density at radius 2 is 1.88 bits per heavy atom. The summed E-state index contributed by atoms with van der Waals surface area (Å²) in [7, 11) is 1.59. The lowest BCUT2D eigenvalue weighted by Gasteiger charge is -2.07. The first-order chi connectivity index (χ1) is 8.04. The van der Waals surface area contributed by atoms with Crippen molar-refractivity contribution in [3.63, 3.8) is 0 Å². The van der Waals surface area contributed by atoms with Gasteiger partial charge in [-0.2, -0.15) is 0 Å². The molecule has 0 saturated carbocycles. The van der Waals surface area contributed by atoms with Gasteiger partial charge in [-0.25, -0.2) is 0 Å². The van der Waals surface area contributed by atoms with Crippen LogP contribution in [0.1, 0.15) is 22.8 Å². The number of alkyl halides is 1. The fraction of sp³-hybridized carbons (Fsp3) is 0.333. The standard InChI is InChI=1S/C12H15BrN2O2/c1-8(13)11(16)15-7-9-3-5-10(6-4-9)12(17)14-2/h3-6,8H,7H2,1-2H3,(H,14,17)(H,15,16). The van der Waals surface area contributed by atoms with Gasteiger partial charge in [0.25, 0.3) is 5.91 Å². The smallest absolute Gasteiger partial charge is 0.251 e. The Balaban J connectivity index is 2.57. The third-order valence-corrected chi connectivity index (χ3v) is 2.69. The van der Waals surface area contributed by atoms with Crippen molar-refractivity contribution in [2.75, 3.05) is 7.05 Å². The molecule has 92 valence electrons. The molecule has 1 unspecified atom stereocenters. The van der Waals surface area contributed by atoms with E-state index in [1.807, 2.05) is 12.1 Å². The van der Waals surface area contributed by atoms with E-state index in [-0.39, 0.29) is 16.6 Å². The second kappa shape index (κ2) is 6.39. The van der Waals surface area contributed by atoms with Crippen LogP contribution in [0.25, 0.3) is 0 Å². The lowest BCUT2D eigenvalue weighted by molar-refractivity contribution is -0.120. The maximum absolute atomic E-state index is 11.3. The topological polar surface area (TPSA) is 58.2 Å². The van der Waals surface area contributed by atoms with Gasteiger partial charge in [0.15, 0.2) is 0 Å². The molecule has 1 rings (SSSR count). The maximum atomic E-state index is 11.3. The molecule has 0 aliphatic rings. The molecule has 5 heteroatoms. The van der Waals surface area contributed by atoms with Crippen LogP contribution < -0.4 is 10.6 Å². The first-order valence-electron chi connectivity index (χ1n) is 5.27. The van der Waals surface area contributed by atoms with Crippen molar-refractivity contribution in [3.8, 4) is 0 Å². The van der Waals surface area contributed by atoms with E-state index in [1.54, 1.807) is 26.1 Å². The number of amides is 2. The van der Waals surface area contributed by atoms with Crippen LogP contribution in [-0.4, -0.2) is 23.7 Å². The zero-order chi connectivity index (χ0) is 12.8. The van der Waals surface area contributed by atoms with E-state index in [9.17, 15) is 9.59 Å². The molecule has 0 spiro atoms. The molecule has 1 aromatic rings. The third-order valence-electron chi connectivity index (χ3n) is 2.27. The summed E-state index contributed by atoms with van der Waals surface area (Å²) in [5.74, 6) is -0.171. The molecule has 4 nitrogen and oxygen atoms in total. The van der Waals surface area contributed by atoms with Gasteiger partial charge in [-0.15, -0.1) is 0 Å². The molecule has 0 bridgehead atoms. The Hall–Kier alpha value is -1.36. The van der Waals surface area contributed by atoms with Gasteiger partial charge in [-0.05, 0) is 24.6 Å². The van der Waals surface area contributed by atoms with E-state index >= 15 is 0 Å². The van der Waals surface area contributed by atoms with Crippen LogP contribution in [0, 0.1) is 0 Å². The van der Waals surface area contributed by atoms with Crippen LogP contribution in [0.5, 0.6) is 0 Å². The van der Waals surface area contributed by atoms with E-state index in [0.29, 0.717) is 12.1 Å². The molecule has 0 aliphatic carbocycles. The van der Waals surface area contributed by atoms with E-state index in [1.165, 1.54) is 0 Å². The monoisotopic (exact) mass is 298 g/mol. The minimum Gasteiger partial charge on any atom is -0.355 e. The first-order valence-corrected chi connectivity index (χ1v) is 6.19. The predicted molar refractivity (Wildman–Crippen MR) is 70.1 cm³/mol. The molecular weight excluding hydrogens is 284 g/mol. The number of halogens is 1.